The molecule has 8 amide bonds. The van der Waals surface area contributed by atoms with Gasteiger partial charge in [-0.25, -0.2) is 9.97 Å². The fourth-order valence-electron chi connectivity index (χ4n) is 16.0. The highest BCUT2D eigenvalue weighted by Gasteiger charge is 2.39. The number of primary amides is 1. The molecule has 0 saturated heterocycles. The molecule has 0 aliphatic carbocycles. The minimum Gasteiger partial charge on any atom is -0.508 e. The second-order valence-electron chi connectivity index (χ2n) is 38.1. The maximum atomic E-state index is 14.8. The van der Waals surface area contributed by atoms with Crippen LogP contribution in [0.5, 0.6) is 5.75 Å². The molecule has 0 radical (unpaired) electrons. The Bertz CT molecular complexity index is 4260. The number of guanidine groups is 3. The molecule has 0 spiro atoms. The number of phenols is 1. The Balaban J connectivity index is 0.00000106. The number of phenolic OH excluding ortho intramolecular Hbond substituents is 1. The van der Waals surface area contributed by atoms with Gasteiger partial charge in [0.15, 0.2) is 58.4 Å². The highest BCUT2D eigenvalue weighted by molar-refractivity contribution is 6.00. The van der Waals surface area contributed by atoms with Gasteiger partial charge in [0.25, 0.3) is 0 Å². The molecule has 15 atom stereocenters. The molecule has 1 aromatic carbocycles. The number of unbranched alkanes of at least 4 members (excludes halogenated alkanes) is 12. The van der Waals surface area contributed by atoms with Crippen molar-refractivity contribution >= 4 is 106 Å². The van der Waals surface area contributed by atoms with Crippen LogP contribution in [0.1, 0.15) is 307 Å². The molecule has 0 aliphatic heterocycles. The van der Waals surface area contributed by atoms with Gasteiger partial charge in [-0.05, 0) is 112 Å². The number of nitrogens with one attached hydrogen (secondary N) is 9. The van der Waals surface area contributed by atoms with Crippen molar-refractivity contribution in [2.75, 3.05) is 26.2 Å². The summed E-state index contributed by atoms with van der Waals surface area (Å²) in [5.74, 6) is -14.5. The average molecular weight is 1920 g/mol. The smallest absolute Gasteiger partial charge is 0.224 e. The minimum atomic E-state index is -1.38. The molecule has 0 fully saturated rings. The standard InChI is InChI=1S/C59H98N16O11.C40H69N5O6/c1-8-35(6)43(52(60)82)29-51(81)47(31-76)75-55(85)39(22-33(2)3)27-50(80)46(23-34(4)5)74-54(84)38(12-9-19-68-57(61)62)26-48(78)45(14-11-21-70-59(65)66)73-56(86)40(25-41-30-67-32-71-41)28-49(79)44(13-10-20-69-58(63)64)72-53(83)36(7)24-37-15-17-42(77)18-16-37;1-8-10-11-12-13-14-15-16-17-18-19-20-21-22-37(49)44-33(25-32-26-41-27-42-32)35(47)23-29(5)40(51)45-38(28(3)4)36(48)24-30(6)39(50)43-31(7)34(46)9-2/h15-18,30,32-36,38-40,43-47,76-77H,8-14,19-29,31H2,1-7H3,(H2,60,82)(H,67,71)(H,72,83)(H,73,86)(H,74,84)(H,75,85)(H4,61,62,68)(H4,63,64,69)(H4,65,66,70);26-31,33,38H,8-25H2,1-7H3,(H,41,42)(H,43,50)(H,44,49)(H,45,51)/t35-,36-,38+,39+,40+,43-,44-,45-,46-,47-;29-,30-,31+,33+,38+/m01/s1. The van der Waals surface area contributed by atoms with E-state index in [4.69, 9.17) is 40.1 Å². The van der Waals surface area contributed by atoms with Crippen molar-refractivity contribution in [2.24, 2.45) is 120 Å². The van der Waals surface area contributed by atoms with Crippen LogP contribution in [0.3, 0.4) is 0 Å². The van der Waals surface area contributed by atoms with Crippen molar-refractivity contribution < 1.29 is 82.1 Å². The second kappa shape index (κ2) is 67.8. The van der Waals surface area contributed by atoms with E-state index in [1.165, 1.54) is 95.2 Å². The summed E-state index contributed by atoms with van der Waals surface area (Å²) in [6, 6.07) is -0.813. The summed E-state index contributed by atoms with van der Waals surface area (Å²) in [5, 5.41) is 39.5. The first-order valence-corrected chi connectivity index (χ1v) is 49.4. The number of aromatic amines is 2. The monoisotopic (exact) mass is 1920 g/mol. The summed E-state index contributed by atoms with van der Waals surface area (Å²) in [4.78, 5) is 230. The summed E-state index contributed by atoms with van der Waals surface area (Å²) < 4.78 is 0. The van der Waals surface area contributed by atoms with Gasteiger partial charge in [0.1, 0.15) is 11.8 Å². The number of nitrogens with zero attached hydrogens (tertiary/aromatic N) is 5. The number of aliphatic imine (C=N–C) groups is 3. The number of aromatic nitrogens is 4. The van der Waals surface area contributed by atoms with Crippen molar-refractivity contribution in [1.82, 2.24) is 57.2 Å². The Kier molecular flexibility index (Phi) is 60.3. The number of nitrogens with two attached hydrogens (primary N) is 7. The number of benzene rings is 1. The molecule has 0 saturated carbocycles. The second-order valence-corrected chi connectivity index (χ2v) is 38.1. The number of hydrogen-bond acceptors (Lipinski definition) is 22. The molecule has 3 aromatic rings. The number of carbonyl (C=O) groups excluding carboxylic acids is 15. The molecule has 770 valence electrons. The number of imidazole rings is 2. The summed E-state index contributed by atoms with van der Waals surface area (Å²) in [6.07, 6.45) is 22.9. The molecule has 0 aliphatic rings. The summed E-state index contributed by atoms with van der Waals surface area (Å²) in [5.41, 5.74) is 41.1. The fraction of sp³-hybridized carbons (Fsp3) is 0.697. The molecule has 2 heterocycles. The van der Waals surface area contributed by atoms with Crippen LogP contribution in [0.15, 0.2) is 64.3 Å². The van der Waals surface area contributed by atoms with Gasteiger partial charge in [0, 0.05) is 143 Å². The van der Waals surface area contributed by atoms with Gasteiger partial charge in [-0.1, -0.05) is 186 Å². The number of rotatable bonds is 74. The lowest BCUT2D eigenvalue weighted by molar-refractivity contribution is -0.136. The lowest BCUT2D eigenvalue weighted by Gasteiger charge is -2.27. The van der Waals surface area contributed by atoms with E-state index in [0.717, 1.165) is 24.8 Å². The van der Waals surface area contributed by atoms with E-state index < -0.39 is 168 Å². The molecular formula is C99H167N21O17. The normalized spacial score (nSPS) is 14.6. The summed E-state index contributed by atoms with van der Waals surface area (Å²) >= 11 is 0. The van der Waals surface area contributed by atoms with Crippen molar-refractivity contribution in [3.05, 3.63) is 66.3 Å². The molecule has 3 rings (SSSR count). The van der Waals surface area contributed by atoms with Crippen molar-refractivity contribution in [1.29, 1.82) is 0 Å². The van der Waals surface area contributed by atoms with Crippen LogP contribution in [-0.2, 0) is 91.2 Å². The zero-order valence-corrected chi connectivity index (χ0v) is 84.0. The van der Waals surface area contributed by atoms with Gasteiger partial charge in [0.05, 0.1) is 61.4 Å². The fourth-order valence-corrected chi connectivity index (χ4v) is 16.0. The van der Waals surface area contributed by atoms with E-state index in [9.17, 15) is 82.1 Å². The lowest BCUT2D eigenvalue weighted by atomic mass is 9.85. The molecule has 0 bridgehead atoms. The number of H-pyrrole nitrogens is 2. The Hall–Kier alpha value is -11.3. The number of Topliss-reactive ketones (excluding diaryl/α,β-unsaturated/α-hetero) is 7. The van der Waals surface area contributed by atoms with Crippen LogP contribution >= 0.6 is 0 Å². The Morgan fingerprint density at radius 2 is 0.810 bits per heavy atom. The maximum Gasteiger partial charge on any atom is 0.224 e. The number of hydrogen-bond donors (Lipinski definition) is 18. The minimum absolute atomic E-state index is 0.0170. The third kappa shape index (κ3) is 51.6. The quantitative estimate of drug-likeness (QED) is 0.0150. The highest BCUT2D eigenvalue weighted by atomic mass is 16.3. The van der Waals surface area contributed by atoms with E-state index in [1.807, 2.05) is 34.6 Å². The number of aromatic hydroxyl groups is 1. The van der Waals surface area contributed by atoms with Crippen LogP contribution in [0.25, 0.3) is 0 Å². The molecule has 38 nitrogen and oxygen atoms in total. The van der Waals surface area contributed by atoms with Crippen LogP contribution in [0.2, 0.25) is 0 Å². The molecule has 137 heavy (non-hydrogen) atoms. The zero-order valence-electron chi connectivity index (χ0n) is 84.0. The van der Waals surface area contributed by atoms with E-state index in [0.29, 0.717) is 37.1 Å². The average Bonchev–Trinajstić information content (AvgIpc) is 1.74. The van der Waals surface area contributed by atoms with E-state index in [1.54, 1.807) is 73.7 Å². The molecule has 0 unspecified atom stereocenters. The first kappa shape index (κ1) is 122. The predicted octanol–water partition coefficient (Wildman–Crippen LogP) is 7.29. The molecule has 2 aromatic heterocycles. The lowest BCUT2D eigenvalue weighted by Crippen LogP contribution is -2.50. The van der Waals surface area contributed by atoms with Crippen LogP contribution in [0, 0.1) is 65.1 Å². The summed E-state index contributed by atoms with van der Waals surface area (Å²) in [6.45, 7) is 24.6. The Morgan fingerprint density at radius 1 is 0.394 bits per heavy atom. The highest BCUT2D eigenvalue weighted by Crippen LogP contribution is 2.27. The molecule has 38 heteroatoms. The Morgan fingerprint density at radius 3 is 1.28 bits per heavy atom. The number of aliphatic hydroxyl groups excluding tert-OH is 1. The van der Waals surface area contributed by atoms with Crippen molar-refractivity contribution in [2.45, 2.75) is 351 Å². The maximum absolute atomic E-state index is 14.8. The van der Waals surface area contributed by atoms with Gasteiger partial charge in [-0.15, -0.1) is 0 Å². The van der Waals surface area contributed by atoms with Crippen LogP contribution in [0.4, 0.5) is 0 Å². The number of aliphatic hydroxyl groups is 1. The van der Waals surface area contributed by atoms with Crippen LogP contribution in [-0.4, -0.2) is 204 Å². The van der Waals surface area contributed by atoms with E-state index in [2.05, 4.69) is 79.1 Å². The van der Waals surface area contributed by atoms with E-state index in [-0.39, 0.29) is 180 Å². The third-order valence-corrected chi connectivity index (χ3v) is 24.5. The van der Waals surface area contributed by atoms with Gasteiger partial charge in [-0.2, -0.15) is 0 Å². The van der Waals surface area contributed by atoms with Gasteiger partial charge in [0.2, 0.25) is 47.3 Å². The largest absolute Gasteiger partial charge is 0.508 e. The van der Waals surface area contributed by atoms with E-state index >= 15 is 0 Å². The molecular weight excluding hydrogens is 1760 g/mol. The first-order chi connectivity index (χ1) is 64.8. The Labute approximate surface area is 810 Å². The van der Waals surface area contributed by atoms with Gasteiger partial charge < -0.3 is 97.5 Å². The van der Waals surface area contributed by atoms with Gasteiger partial charge >= 0.3 is 0 Å². The third-order valence-electron chi connectivity index (χ3n) is 24.5. The summed E-state index contributed by atoms with van der Waals surface area (Å²) in [7, 11) is 0. The first-order valence-electron chi connectivity index (χ1n) is 49.4. The van der Waals surface area contributed by atoms with Gasteiger partial charge in [-0.3, -0.25) is 86.9 Å². The van der Waals surface area contributed by atoms with Crippen molar-refractivity contribution in [3.63, 3.8) is 0 Å². The number of amides is 8. The SMILES string of the molecule is CCCCCCCCCCCCCCCC(=O)N[C@@H](Cc1cnc[nH]1)C(=O)C[C@@H](C)C(=O)N[C@H](C(=O)C[C@@H](C)C(=O)N[C@@H](C)C(=O)CC)C(C)C.CC[C@H](C)[C@H](CC(=O)[C@H](CO)NC(=O)[C@@H](CC(=O)[C@H](CC(C)C)NC(=O)[C@H](CCCN=C(N)N)CC(=O)[C@H](CCCN=C(N)N)NC(=O)[C@@H](CC(=O)[C@H](CCCN=C(N)N)NC(=O)[C@@H](C)Cc1ccc(O)cc1)Cc1cnc[nH]1)CC(C)C)C(N)=O. The number of carbonyl (C=O) groups is 15. The number of ketones is 7. The molecule has 25 N–H and O–H groups in total. The predicted molar refractivity (Wildman–Crippen MR) is 530 cm³/mol. The topological polar surface area (TPSA) is 657 Å². The zero-order chi connectivity index (χ0) is 103. The van der Waals surface area contributed by atoms with Crippen LogP contribution < -0.4 is 77.4 Å². The van der Waals surface area contributed by atoms with Crippen molar-refractivity contribution in [3.8, 4) is 5.75 Å².